The van der Waals surface area contributed by atoms with Crippen LogP contribution in [0, 0.1) is 11.3 Å². The minimum absolute atomic E-state index is 0.171. The van der Waals surface area contributed by atoms with E-state index in [2.05, 4.69) is 14.9 Å². The number of furan rings is 1. The molecular formula is C14H12N4O2S. The van der Waals surface area contributed by atoms with E-state index in [9.17, 15) is 0 Å². The number of ether oxygens (including phenoxy) is 1. The van der Waals surface area contributed by atoms with Gasteiger partial charge < -0.3 is 14.5 Å². The second-order valence-electron chi connectivity index (χ2n) is 4.24. The van der Waals surface area contributed by atoms with Crippen LogP contribution >= 0.6 is 11.5 Å². The van der Waals surface area contributed by atoms with Crippen LogP contribution in [-0.4, -0.2) is 16.1 Å². The van der Waals surface area contributed by atoms with Crippen LogP contribution in [0.15, 0.2) is 28.7 Å². The lowest BCUT2D eigenvalue weighted by Crippen LogP contribution is -2.02. The van der Waals surface area contributed by atoms with Gasteiger partial charge >= 0.3 is 0 Å². The van der Waals surface area contributed by atoms with E-state index in [4.69, 9.17) is 14.4 Å². The lowest BCUT2D eigenvalue weighted by Gasteiger charge is -2.04. The number of aromatic nitrogens is 2. The van der Waals surface area contributed by atoms with Crippen LogP contribution in [0.3, 0.4) is 0 Å². The van der Waals surface area contributed by atoms with Gasteiger partial charge in [-0.3, -0.25) is 0 Å². The highest BCUT2D eigenvalue weighted by Gasteiger charge is 2.16. The molecular weight excluding hydrogens is 288 g/mol. The van der Waals surface area contributed by atoms with Gasteiger partial charge in [0.05, 0.1) is 5.39 Å². The summed E-state index contributed by atoms with van der Waals surface area (Å²) in [6.45, 7) is 3.02. The quantitative estimate of drug-likeness (QED) is 0.779. The van der Waals surface area contributed by atoms with Gasteiger partial charge in [0.2, 0.25) is 5.76 Å². The van der Waals surface area contributed by atoms with Crippen LogP contribution in [0.5, 0.6) is 5.75 Å². The van der Waals surface area contributed by atoms with Gasteiger partial charge in [-0.2, -0.15) is 5.26 Å². The number of hydrogen-bond acceptors (Lipinski definition) is 7. The molecule has 0 spiro atoms. The number of fused-ring (bicyclic) bond motifs is 1. The van der Waals surface area contributed by atoms with Gasteiger partial charge in [-0.05, 0) is 19.1 Å². The summed E-state index contributed by atoms with van der Waals surface area (Å²) in [5, 5.41) is 18.0. The number of anilines is 1. The first-order valence-corrected chi connectivity index (χ1v) is 7.20. The Morgan fingerprint density at radius 3 is 3.10 bits per heavy atom. The van der Waals surface area contributed by atoms with Crippen LogP contribution < -0.4 is 10.1 Å². The standard InChI is InChI=1S/C14H12N4O2S/c1-2-16-14-10(17-18-21-14)8-19-13-9-5-3-4-6-11(9)20-12(13)7-15/h3-6,16H,2,8H2,1H3. The van der Waals surface area contributed by atoms with Gasteiger partial charge in [0.15, 0.2) is 5.75 Å². The maximum absolute atomic E-state index is 9.15. The SMILES string of the molecule is CCNc1snnc1COc1c(C#N)oc2ccccc12. The van der Waals surface area contributed by atoms with Crippen LogP contribution in [0.4, 0.5) is 5.00 Å². The third-order valence-electron chi connectivity index (χ3n) is 2.90. The second kappa shape index (κ2) is 5.81. The monoisotopic (exact) mass is 300 g/mol. The van der Waals surface area contributed by atoms with Crippen molar-refractivity contribution in [3.63, 3.8) is 0 Å². The molecule has 7 heteroatoms. The summed E-state index contributed by atoms with van der Waals surface area (Å²) >= 11 is 1.28. The fraction of sp³-hybridized carbons (Fsp3) is 0.214. The summed E-state index contributed by atoms with van der Waals surface area (Å²) in [6.07, 6.45) is 0. The molecule has 0 amide bonds. The molecule has 0 unspecified atom stereocenters. The number of rotatable bonds is 5. The van der Waals surface area contributed by atoms with Crippen molar-refractivity contribution in [3.05, 3.63) is 35.7 Å². The molecule has 0 aliphatic rings. The van der Waals surface area contributed by atoms with Crippen molar-refractivity contribution >= 4 is 27.5 Å². The number of nitrogens with zero attached hydrogens (tertiary/aromatic N) is 3. The molecule has 0 saturated carbocycles. The largest absolute Gasteiger partial charge is 0.482 e. The fourth-order valence-corrected chi connectivity index (χ4v) is 2.61. The van der Waals surface area contributed by atoms with Crippen LogP contribution in [0.2, 0.25) is 0 Å². The van der Waals surface area contributed by atoms with E-state index < -0.39 is 0 Å². The Balaban J connectivity index is 1.88. The molecule has 1 N–H and O–H groups in total. The van der Waals surface area contributed by atoms with Crippen molar-refractivity contribution < 1.29 is 9.15 Å². The highest BCUT2D eigenvalue weighted by atomic mass is 32.1. The molecule has 0 bridgehead atoms. The Hall–Kier alpha value is -2.59. The molecule has 0 fully saturated rings. The lowest BCUT2D eigenvalue weighted by atomic mass is 10.2. The van der Waals surface area contributed by atoms with Crippen molar-refractivity contribution in [2.45, 2.75) is 13.5 Å². The molecule has 0 aliphatic heterocycles. The smallest absolute Gasteiger partial charge is 0.246 e. The third kappa shape index (κ3) is 2.53. The van der Waals surface area contributed by atoms with E-state index in [0.29, 0.717) is 11.3 Å². The Labute approximate surface area is 125 Å². The minimum Gasteiger partial charge on any atom is -0.482 e. The van der Waals surface area contributed by atoms with Gasteiger partial charge in [0, 0.05) is 18.1 Å². The Morgan fingerprint density at radius 2 is 2.29 bits per heavy atom. The van der Waals surface area contributed by atoms with E-state index in [1.54, 1.807) is 6.07 Å². The van der Waals surface area contributed by atoms with Crippen molar-refractivity contribution in [3.8, 4) is 11.8 Å². The van der Waals surface area contributed by atoms with E-state index >= 15 is 0 Å². The highest BCUT2D eigenvalue weighted by Crippen LogP contribution is 2.33. The second-order valence-corrected chi connectivity index (χ2v) is 4.99. The molecule has 3 aromatic rings. The summed E-state index contributed by atoms with van der Waals surface area (Å²) in [4.78, 5) is 0. The first kappa shape index (κ1) is 13.4. The number of para-hydroxylation sites is 1. The van der Waals surface area contributed by atoms with Gasteiger partial charge in [0.25, 0.3) is 0 Å². The molecule has 106 valence electrons. The maximum atomic E-state index is 9.15. The minimum atomic E-state index is 0.171. The summed E-state index contributed by atoms with van der Waals surface area (Å²) in [6, 6.07) is 9.40. The van der Waals surface area contributed by atoms with E-state index in [-0.39, 0.29) is 12.4 Å². The summed E-state index contributed by atoms with van der Waals surface area (Å²) in [7, 11) is 0. The summed E-state index contributed by atoms with van der Waals surface area (Å²) in [5.74, 6) is 0.618. The molecule has 0 atom stereocenters. The molecule has 2 heterocycles. The number of nitrogens with one attached hydrogen (secondary N) is 1. The van der Waals surface area contributed by atoms with E-state index in [1.165, 1.54) is 11.5 Å². The zero-order valence-electron chi connectivity index (χ0n) is 11.3. The van der Waals surface area contributed by atoms with Gasteiger partial charge in [-0.25, -0.2) is 0 Å². The predicted octanol–water partition coefficient (Wildman–Crippen LogP) is 3.17. The Morgan fingerprint density at radius 1 is 1.43 bits per heavy atom. The molecule has 2 aromatic heterocycles. The van der Waals surface area contributed by atoms with Gasteiger partial charge in [-0.15, -0.1) is 5.10 Å². The average Bonchev–Trinajstić information content (AvgIpc) is 3.09. The van der Waals surface area contributed by atoms with E-state index in [1.807, 2.05) is 31.2 Å². The summed E-state index contributed by atoms with van der Waals surface area (Å²) < 4.78 is 15.1. The number of hydrogen-bond donors (Lipinski definition) is 1. The lowest BCUT2D eigenvalue weighted by molar-refractivity contribution is 0.299. The van der Waals surface area contributed by atoms with Crippen LogP contribution in [0.25, 0.3) is 11.0 Å². The first-order chi connectivity index (χ1) is 10.3. The molecule has 3 rings (SSSR count). The fourth-order valence-electron chi connectivity index (χ4n) is 1.98. The summed E-state index contributed by atoms with van der Waals surface area (Å²) in [5.41, 5.74) is 1.35. The van der Waals surface area contributed by atoms with Crippen LogP contribution in [-0.2, 0) is 6.61 Å². The first-order valence-electron chi connectivity index (χ1n) is 6.43. The molecule has 1 aromatic carbocycles. The van der Waals surface area contributed by atoms with Crippen molar-refractivity contribution in [2.24, 2.45) is 0 Å². The zero-order valence-corrected chi connectivity index (χ0v) is 12.1. The number of benzene rings is 1. The zero-order chi connectivity index (χ0) is 14.7. The van der Waals surface area contributed by atoms with Gasteiger partial charge in [-0.1, -0.05) is 16.6 Å². The average molecular weight is 300 g/mol. The Bertz CT molecular complexity index is 803. The molecule has 0 saturated heterocycles. The van der Waals surface area contributed by atoms with Crippen molar-refractivity contribution in [1.29, 1.82) is 5.26 Å². The highest BCUT2D eigenvalue weighted by molar-refractivity contribution is 7.10. The molecule has 0 radical (unpaired) electrons. The molecule has 0 aliphatic carbocycles. The molecule has 6 nitrogen and oxygen atoms in total. The van der Waals surface area contributed by atoms with Crippen LogP contribution in [0.1, 0.15) is 18.4 Å². The predicted molar refractivity (Wildman–Crippen MR) is 79.3 cm³/mol. The normalized spacial score (nSPS) is 10.5. The topological polar surface area (TPSA) is 84.0 Å². The number of nitriles is 1. The van der Waals surface area contributed by atoms with Crippen molar-refractivity contribution in [2.75, 3.05) is 11.9 Å². The van der Waals surface area contributed by atoms with Gasteiger partial charge in [0.1, 0.15) is 29.0 Å². The maximum Gasteiger partial charge on any atom is 0.246 e. The molecule has 21 heavy (non-hydrogen) atoms. The van der Waals surface area contributed by atoms with E-state index in [0.717, 1.165) is 22.6 Å². The Kier molecular flexibility index (Phi) is 3.71. The third-order valence-corrected chi connectivity index (χ3v) is 3.62. The van der Waals surface area contributed by atoms with Crippen molar-refractivity contribution in [1.82, 2.24) is 9.59 Å².